The van der Waals surface area contributed by atoms with Crippen molar-refractivity contribution in [2.45, 2.75) is 19.4 Å². The Kier molecular flexibility index (Phi) is 7.71. The quantitative estimate of drug-likeness (QED) is 0.718. The van der Waals surface area contributed by atoms with Crippen LogP contribution in [0.5, 0.6) is 5.75 Å². The van der Waals surface area contributed by atoms with E-state index >= 15 is 0 Å². The third-order valence-corrected chi connectivity index (χ3v) is 5.11. The van der Waals surface area contributed by atoms with Gasteiger partial charge in [-0.15, -0.1) is 0 Å². The second-order valence-electron chi connectivity index (χ2n) is 7.14. The number of amides is 1. The minimum Gasteiger partial charge on any atom is -0.495 e. The number of carbonyl (C=O) groups is 1. The van der Waals surface area contributed by atoms with E-state index in [1.54, 1.807) is 25.3 Å². The minimum atomic E-state index is -0.0635. The second-order valence-corrected chi connectivity index (χ2v) is 7.57. The largest absolute Gasteiger partial charge is 0.495 e. The van der Waals surface area contributed by atoms with E-state index in [0.29, 0.717) is 35.5 Å². The van der Waals surface area contributed by atoms with Gasteiger partial charge in [0, 0.05) is 11.6 Å². The molecule has 1 saturated heterocycles. The molecule has 3 rings (SSSR count). The number of nitrogens with one attached hydrogen (secondary N) is 1. The molecule has 0 aliphatic carbocycles. The number of nitrogens with zero attached hydrogens (tertiary/aromatic N) is 1. The Hall–Kier alpha value is -2.08. The van der Waals surface area contributed by atoms with Crippen molar-refractivity contribution in [3.8, 4) is 5.75 Å². The first-order valence-electron chi connectivity index (χ1n) is 9.61. The van der Waals surface area contributed by atoms with E-state index in [9.17, 15) is 4.79 Å². The molecular formula is C22H27ClN2O3. The van der Waals surface area contributed by atoms with Crippen molar-refractivity contribution in [1.82, 2.24) is 4.90 Å². The lowest BCUT2D eigenvalue weighted by Gasteiger charge is -2.32. The summed E-state index contributed by atoms with van der Waals surface area (Å²) in [5, 5.41) is 3.47. The molecule has 1 heterocycles. The van der Waals surface area contributed by atoms with Crippen molar-refractivity contribution in [3.63, 3.8) is 0 Å². The molecule has 6 heteroatoms. The second kappa shape index (κ2) is 10.5. The zero-order valence-corrected chi connectivity index (χ0v) is 17.0. The summed E-state index contributed by atoms with van der Waals surface area (Å²) in [5.41, 5.74) is 1.78. The van der Waals surface area contributed by atoms with Gasteiger partial charge in [-0.05, 0) is 49.1 Å². The van der Waals surface area contributed by atoms with E-state index in [1.165, 1.54) is 5.56 Å². The molecule has 1 aliphatic rings. The van der Waals surface area contributed by atoms with Crippen molar-refractivity contribution in [2.75, 3.05) is 38.7 Å². The number of likely N-dealkylation sites (tertiary alicyclic amines) is 1. The van der Waals surface area contributed by atoms with Gasteiger partial charge in [-0.3, -0.25) is 9.69 Å². The lowest BCUT2D eigenvalue weighted by atomic mass is 9.99. The number of anilines is 1. The van der Waals surface area contributed by atoms with Crippen LogP contribution in [0.25, 0.3) is 0 Å². The van der Waals surface area contributed by atoms with Crippen LogP contribution in [0.3, 0.4) is 0 Å². The molecule has 2 aromatic carbocycles. The summed E-state index contributed by atoms with van der Waals surface area (Å²) in [6.45, 7) is 3.50. The van der Waals surface area contributed by atoms with Crippen LogP contribution in [0.4, 0.5) is 5.69 Å². The van der Waals surface area contributed by atoms with Gasteiger partial charge in [0.15, 0.2) is 0 Å². The molecule has 1 fully saturated rings. The SMILES string of the molecule is COc1ccc(Cl)cc1NC(=O)CN1CCC[C@H](COCc2ccccc2)C1. The summed E-state index contributed by atoms with van der Waals surface area (Å²) in [6.07, 6.45) is 2.21. The number of carbonyl (C=O) groups excluding carboxylic acids is 1. The zero-order valence-electron chi connectivity index (χ0n) is 16.2. The van der Waals surface area contributed by atoms with E-state index in [2.05, 4.69) is 22.3 Å². The predicted molar refractivity (Wildman–Crippen MR) is 112 cm³/mol. The van der Waals surface area contributed by atoms with Gasteiger partial charge in [0.2, 0.25) is 5.91 Å². The fourth-order valence-corrected chi connectivity index (χ4v) is 3.69. The van der Waals surface area contributed by atoms with Crippen LogP contribution in [0.2, 0.25) is 5.02 Å². The maximum Gasteiger partial charge on any atom is 0.238 e. The number of halogens is 1. The van der Waals surface area contributed by atoms with Crippen LogP contribution < -0.4 is 10.1 Å². The Labute approximate surface area is 171 Å². The molecule has 1 N–H and O–H groups in total. The van der Waals surface area contributed by atoms with Gasteiger partial charge >= 0.3 is 0 Å². The number of benzene rings is 2. The first-order valence-corrected chi connectivity index (χ1v) is 9.99. The highest BCUT2D eigenvalue weighted by Crippen LogP contribution is 2.27. The third kappa shape index (κ3) is 6.23. The maximum atomic E-state index is 12.5. The van der Waals surface area contributed by atoms with Gasteiger partial charge in [0.1, 0.15) is 5.75 Å². The van der Waals surface area contributed by atoms with Crippen LogP contribution in [0.1, 0.15) is 18.4 Å². The fourth-order valence-electron chi connectivity index (χ4n) is 3.52. The summed E-state index contributed by atoms with van der Waals surface area (Å²) in [5.74, 6) is 0.987. The Morgan fingerprint density at radius 2 is 2.07 bits per heavy atom. The van der Waals surface area contributed by atoms with Gasteiger partial charge < -0.3 is 14.8 Å². The highest BCUT2D eigenvalue weighted by atomic mass is 35.5. The van der Waals surface area contributed by atoms with E-state index in [4.69, 9.17) is 21.1 Å². The summed E-state index contributed by atoms with van der Waals surface area (Å²) < 4.78 is 11.2. The molecule has 28 heavy (non-hydrogen) atoms. The molecule has 0 aromatic heterocycles. The summed E-state index contributed by atoms with van der Waals surface area (Å²) >= 11 is 6.03. The number of rotatable bonds is 8. The Morgan fingerprint density at radius 3 is 2.86 bits per heavy atom. The Balaban J connectivity index is 1.45. The van der Waals surface area contributed by atoms with Gasteiger partial charge in [-0.1, -0.05) is 41.9 Å². The number of hydrogen-bond acceptors (Lipinski definition) is 4. The van der Waals surface area contributed by atoms with Crippen LogP contribution >= 0.6 is 11.6 Å². The van der Waals surface area contributed by atoms with Gasteiger partial charge in [-0.25, -0.2) is 0 Å². The number of methoxy groups -OCH3 is 1. The van der Waals surface area contributed by atoms with Crippen LogP contribution in [0.15, 0.2) is 48.5 Å². The average Bonchev–Trinajstić information content (AvgIpc) is 2.69. The van der Waals surface area contributed by atoms with Crippen molar-refractivity contribution < 1.29 is 14.3 Å². The van der Waals surface area contributed by atoms with E-state index in [1.807, 2.05) is 18.2 Å². The van der Waals surface area contributed by atoms with Crippen molar-refractivity contribution in [2.24, 2.45) is 5.92 Å². The molecule has 150 valence electrons. The average molecular weight is 403 g/mol. The third-order valence-electron chi connectivity index (χ3n) is 4.87. The molecule has 1 atom stereocenters. The lowest BCUT2D eigenvalue weighted by molar-refractivity contribution is -0.117. The number of ether oxygens (including phenoxy) is 2. The molecule has 5 nitrogen and oxygen atoms in total. The van der Waals surface area contributed by atoms with E-state index in [-0.39, 0.29) is 5.91 Å². The Bertz CT molecular complexity index is 770. The lowest BCUT2D eigenvalue weighted by Crippen LogP contribution is -2.41. The van der Waals surface area contributed by atoms with Crippen LogP contribution in [0, 0.1) is 5.92 Å². The van der Waals surface area contributed by atoms with Crippen LogP contribution in [-0.4, -0.2) is 44.2 Å². The molecule has 1 aliphatic heterocycles. The predicted octanol–water partition coefficient (Wildman–Crippen LogP) is 4.22. The first-order chi connectivity index (χ1) is 13.6. The van der Waals surface area contributed by atoms with Gasteiger partial charge in [0.05, 0.1) is 32.6 Å². The molecule has 0 spiro atoms. The molecule has 0 saturated carbocycles. The highest BCUT2D eigenvalue weighted by Gasteiger charge is 2.22. The molecule has 0 unspecified atom stereocenters. The fraction of sp³-hybridized carbons (Fsp3) is 0.409. The highest BCUT2D eigenvalue weighted by molar-refractivity contribution is 6.31. The molecule has 1 amide bonds. The van der Waals surface area contributed by atoms with Gasteiger partial charge in [-0.2, -0.15) is 0 Å². The van der Waals surface area contributed by atoms with Gasteiger partial charge in [0.25, 0.3) is 0 Å². The summed E-state index contributed by atoms with van der Waals surface area (Å²) in [4.78, 5) is 14.7. The summed E-state index contributed by atoms with van der Waals surface area (Å²) in [7, 11) is 1.57. The standard InChI is InChI=1S/C22H27ClN2O3/c1-27-21-10-9-19(23)12-20(21)24-22(26)14-25-11-5-8-18(13-25)16-28-15-17-6-3-2-4-7-17/h2-4,6-7,9-10,12,18H,5,8,11,13-16H2,1H3,(H,24,26)/t18-/m0/s1. The number of piperidine rings is 1. The minimum absolute atomic E-state index is 0.0635. The number of hydrogen-bond donors (Lipinski definition) is 1. The molecule has 0 bridgehead atoms. The van der Waals surface area contributed by atoms with Crippen LogP contribution in [-0.2, 0) is 16.1 Å². The molecule has 0 radical (unpaired) electrons. The first kappa shape index (κ1) is 20.6. The topological polar surface area (TPSA) is 50.8 Å². The smallest absolute Gasteiger partial charge is 0.238 e. The van der Waals surface area contributed by atoms with Crippen molar-refractivity contribution >= 4 is 23.2 Å². The monoisotopic (exact) mass is 402 g/mol. The van der Waals surface area contributed by atoms with E-state index in [0.717, 1.165) is 32.5 Å². The Morgan fingerprint density at radius 1 is 1.25 bits per heavy atom. The molecule has 2 aromatic rings. The zero-order chi connectivity index (χ0) is 19.8. The van der Waals surface area contributed by atoms with Crippen molar-refractivity contribution in [1.29, 1.82) is 0 Å². The van der Waals surface area contributed by atoms with Crippen molar-refractivity contribution in [3.05, 3.63) is 59.1 Å². The maximum absolute atomic E-state index is 12.5. The normalized spacial score (nSPS) is 17.3. The summed E-state index contributed by atoms with van der Waals surface area (Å²) in [6, 6.07) is 15.4. The molecular weight excluding hydrogens is 376 g/mol. The van der Waals surface area contributed by atoms with E-state index < -0.39 is 0 Å².